The van der Waals surface area contributed by atoms with Gasteiger partial charge in [0.2, 0.25) is 11.9 Å². The van der Waals surface area contributed by atoms with Crippen LogP contribution in [0.15, 0.2) is 78.9 Å². The first kappa shape index (κ1) is 20.8. The fraction of sp³-hybridized carbons (Fsp3) is 0.0833. The van der Waals surface area contributed by atoms with E-state index in [2.05, 4.69) is 20.3 Å². The Balaban J connectivity index is 1.43. The van der Waals surface area contributed by atoms with E-state index in [9.17, 15) is 4.79 Å². The maximum absolute atomic E-state index is 12.5. The Morgan fingerprint density at radius 2 is 1.56 bits per heavy atom. The van der Waals surface area contributed by atoms with Gasteiger partial charge >= 0.3 is 0 Å². The van der Waals surface area contributed by atoms with Gasteiger partial charge in [0.15, 0.2) is 11.6 Å². The highest BCUT2D eigenvalue weighted by molar-refractivity contribution is 6.08. The monoisotopic (exact) mass is 427 g/mol. The quantitative estimate of drug-likeness (QED) is 0.406. The summed E-state index contributed by atoms with van der Waals surface area (Å²) in [5, 5.41) is 3.08. The van der Waals surface area contributed by atoms with Gasteiger partial charge in [-0.1, -0.05) is 42.5 Å². The molecule has 0 amide bonds. The summed E-state index contributed by atoms with van der Waals surface area (Å²) in [6, 6.07) is 23.4. The molecule has 8 nitrogen and oxygen atoms in total. The van der Waals surface area contributed by atoms with Crippen LogP contribution in [-0.2, 0) is 6.61 Å². The van der Waals surface area contributed by atoms with Crippen LogP contribution in [0.5, 0.6) is 11.5 Å². The van der Waals surface area contributed by atoms with Crippen molar-refractivity contribution in [1.29, 1.82) is 0 Å². The number of carbonyl (C=O) groups excluding carboxylic acids is 1. The highest BCUT2D eigenvalue weighted by Gasteiger charge is 2.10. The third-order valence-corrected chi connectivity index (χ3v) is 4.57. The molecule has 0 aliphatic heterocycles. The lowest BCUT2D eigenvalue weighted by atomic mass is 10.0. The SMILES string of the molecule is COc1ccccc1Nc1nc(N)nc(COc2ccc(C(=O)c3ccccc3)cc2)n1. The maximum atomic E-state index is 12.5. The molecule has 3 N–H and O–H groups in total. The van der Waals surface area contributed by atoms with Crippen molar-refractivity contribution >= 4 is 23.4 Å². The predicted octanol–water partition coefficient (Wildman–Crippen LogP) is 4.02. The number of hydrogen-bond donors (Lipinski definition) is 2. The molecule has 32 heavy (non-hydrogen) atoms. The number of ether oxygens (including phenoxy) is 2. The molecule has 8 heteroatoms. The number of rotatable bonds is 8. The zero-order chi connectivity index (χ0) is 22.3. The average molecular weight is 427 g/mol. The van der Waals surface area contributed by atoms with Crippen molar-refractivity contribution in [2.24, 2.45) is 0 Å². The summed E-state index contributed by atoms with van der Waals surface area (Å²) < 4.78 is 11.1. The molecule has 0 radical (unpaired) electrons. The molecule has 0 fully saturated rings. The fourth-order valence-electron chi connectivity index (χ4n) is 3.03. The van der Waals surface area contributed by atoms with Crippen LogP contribution in [0.25, 0.3) is 0 Å². The number of aromatic nitrogens is 3. The fourth-order valence-corrected chi connectivity index (χ4v) is 3.03. The van der Waals surface area contributed by atoms with Crippen LogP contribution in [0.1, 0.15) is 21.7 Å². The predicted molar refractivity (Wildman–Crippen MR) is 121 cm³/mol. The van der Waals surface area contributed by atoms with Gasteiger partial charge in [-0.3, -0.25) is 4.79 Å². The third kappa shape index (κ3) is 4.99. The van der Waals surface area contributed by atoms with Gasteiger partial charge in [0.1, 0.15) is 18.1 Å². The number of nitrogens with one attached hydrogen (secondary N) is 1. The lowest BCUT2D eigenvalue weighted by molar-refractivity contribution is 0.103. The molecular weight excluding hydrogens is 406 g/mol. The molecule has 0 aliphatic carbocycles. The van der Waals surface area contributed by atoms with E-state index < -0.39 is 0 Å². The summed E-state index contributed by atoms with van der Waals surface area (Å²) in [6.07, 6.45) is 0. The van der Waals surface area contributed by atoms with Crippen molar-refractivity contribution in [2.45, 2.75) is 6.61 Å². The van der Waals surface area contributed by atoms with Gasteiger partial charge in [-0.25, -0.2) is 0 Å². The summed E-state index contributed by atoms with van der Waals surface area (Å²) in [7, 11) is 1.58. The van der Waals surface area contributed by atoms with Gasteiger partial charge < -0.3 is 20.5 Å². The second-order valence-electron chi connectivity index (χ2n) is 6.77. The highest BCUT2D eigenvalue weighted by Crippen LogP contribution is 2.25. The first-order valence-corrected chi connectivity index (χ1v) is 9.85. The molecule has 3 aromatic carbocycles. The number of ketones is 1. The number of carbonyl (C=O) groups is 1. The lowest BCUT2D eigenvalue weighted by Gasteiger charge is -2.11. The van der Waals surface area contributed by atoms with Crippen molar-refractivity contribution in [2.75, 3.05) is 18.2 Å². The average Bonchev–Trinajstić information content (AvgIpc) is 2.83. The lowest BCUT2D eigenvalue weighted by Crippen LogP contribution is -2.09. The van der Waals surface area contributed by atoms with Crippen molar-refractivity contribution < 1.29 is 14.3 Å². The second-order valence-corrected chi connectivity index (χ2v) is 6.77. The smallest absolute Gasteiger partial charge is 0.232 e. The number of nitrogens with two attached hydrogens (primary N) is 1. The van der Waals surface area contributed by atoms with Crippen LogP contribution in [0.3, 0.4) is 0 Å². The van der Waals surface area contributed by atoms with Gasteiger partial charge in [-0.2, -0.15) is 15.0 Å². The number of anilines is 3. The summed E-state index contributed by atoms with van der Waals surface area (Å²) in [6.45, 7) is 0.0826. The Bertz CT molecular complexity index is 1210. The molecule has 0 saturated heterocycles. The van der Waals surface area contributed by atoms with Gasteiger partial charge in [0.25, 0.3) is 0 Å². The zero-order valence-corrected chi connectivity index (χ0v) is 17.4. The number of hydrogen-bond acceptors (Lipinski definition) is 8. The minimum atomic E-state index is -0.0468. The van der Waals surface area contributed by atoms with Crippen LogP contribution in [-0.4, -0.2) is 27.8 Å². The minimum absolute atomic E-state index is 0.0468. The first-order valence-electron chi connectivity index (χ1n) is 9.85. The molecule has 0 bridgehead atoms. The number of nitrogens with zero attached hydrogens (tertiary/aromatic N) is 3. The Labute approximate surface area is 185 Å². The van der Waals surface area contributed by atoms with Crippen LogP contribution in [0.4, 0.5) is 17.6 Å². The largest absolute Gasteiger partial charge is 0.495 e. The van der Waals surface area contributed by atoms with Crippen LogP contribution < -0.4 is 20.5 Å². The summed E-state index contributed by atoms with van der Waals surface area (Å²) in [5.74, 6) is 1.89. The molecule has 0 aliphatic rings. The van der Waals surface area contributed by atoms with E-state index >= 15 is 0 Å². The summed E-state index contributed by atoms with van der Waals surface area (Å²) >= 11 is 0. The van der Waals surface area contributed by atoms with Crippen LogP contribution in [0.2, 0.25) is 0 Å². The van der Waals surface area contributed by atoms with Gasteiger partial charge in [0, 0.05) is 11.1 Å². The molecule has 0 unspecified atom stereocenters. The Kier molecular flexibility index (Phi) is 6.22. The number of nitrogen functional groups attached to an aromatic ring is 1. The third-order valence-electron chi connectivity index (χ3n) is 4.57. The Morgan fingerprint density at radius 1 is 0.875 bits per heavy atom. The minimum Gasteiger partial charge on any atom is -0.495 e. The topological polar surface area (TPSA) is 112 Å². The standard InChI is InChI=1S/C24H21N5O3/c1-31-20-10-6-5-9-19(20)26-24-28-21(27-23(25)29-24)15-32-18-13-11-17(12-14-18)22(30)16-7-3-2-4-8-16/h2-14H,15H2,1H3,(H3,25,26,27,28,29). The van der Waals surface area contributed by atoms with E-state index in [0.717, 1.165) is 0 Å². The van der Waals surface area contributed by atoms with Crippen LogP contribution >= 0.6 is 0 Å². The van der Waals surface area contributed by atoms with E-state index in [-0.39, 0.29) is 24.3 Å². The van der Waals surface area contributed by atoms with Crippen molar-refractivity contribution in [3.8, 4) is 11.5 Å². The van der Waals surface area contributed by atoms with Gasteiger partial charge in [-0.05, 0) is 36.4 Å². The van der Waals surface area contributed by atoms with E-state index in [4.69, 9.17) is 15.2 Å². The molecule has 4 aromatic rings. The van der Waals surface area contributed by atoms with E-state index in [1.807, 2.05) is 42.5 Å². The van der Waals surface area contributed by atoms with Gasteiger partial charge in [0.05, 0.1) is 12.8 Å². The van der Waals surface area contributed by atoms with Crippen LogP contribution in [0, 0.1) is 0 Å². The summed E-state index contributed by atoms with van der Waals surface area (Å²) in [5.41, 5.74) is 7.75. The van der Waals surface area contributed by atoms with E-state index in [1.165, 1.54) is 0 Å². The number of benzene rings is 3. The molecule has 0 saturated carbocycles. The molecule has 160 valence electrons. The van der Waals surface area contributed by atoms with E-state index in [0.29, 0.717) is 34.1 Å². The van der Waals surface area contributed by atoms with Gasteiger partial charge in [-0.15, -0.1) is 0 Å². The molecule has 0 atom stereocenters. The molecule has 1 aromatic heterocycles. The van der Waals surface area contributed by atoms with Crippen molar-refractivity contribution in [3.63, 3.8) is 0 Å². The summed E-state index contributed by atoms with van der Waals surface area (Å²) in [4.78, 5) is 25.1. The first-order chi connectivity index (χ1) is 15.6. The molecule has 1 heterocycles. The maximum Gasteiger partial charge on any atom is 0.232 e. The normalized spacial score (nSPS) is 10.4. The zero-order valence-electron chi connectivity index (χ0n) is 17.4. The van der Waals surface area contributed by atoms with Crippen molar-refractivity contribution in [1.82, 2.24) is 15.0 Å². The number of methoxy groups -OCH3 is 1. The van der Waals surface area contributed by atoms with Crippen molar-refractivity contribution in [3.05, 3.63) is 95.8 Å². The number of para-hydroxylation sites is 2. The van der Waals surface area contributed by atoms with E-state index in [1.54, 1.807) is 43.5 Å². The Morgan fingerprint density at radius 3 is 2.31 bits per heavy atom. The second kappa shape index (κ2) is 9.57. The molecular formula is C24H21N5O3. The highest BCUT2D eigenvalue weighted by atomic mass is 16.5. The molecule has 0 spiro atoms. The Hall–Kier alpha value is -4.46. The molecule has 4 rings (SSSR count).